The Balaban J connectivity index is 2.11. The fraction of sp³-hybridized carbons (Fsp3) is 0.533. The molecule has 0 saturated carbocycles. The summed E-state index contributed by atoms with van der Waals surface area (Å²) in [6.45, 7) is 3.85. The standard InChI is InChI=1S/C15H23N3O/c1-3-18-14-9-5-4-8-13(14)17-15(18)11-12(16)7-6-10-19-2/h4-5,8-9,12H,3,6-7,10-11,16H2,1-2H3. The smallest absolute Gasteiger partial charge is 0.111 e. The molecule has 1 unspecified atom stereocenters. The number of nitrogens with two attached hydrogens (primary N) is 1. The van der Waals surface area contributed by atoms with Crippen LogP contribution in [0.2, 0.25) is 0 Å². The fourth-order valence-corrected chi connectivity index (χ4v) is 2.46. The van der Waals surface area contributed by atoms with E-state index in [2.05, 4.69) is 29.7 Å². The summed E-state index contributed by atoms with van der Waals surface area (Å²) in [5.74, 6) is 1.09. The third-order valence-electron chi connectivity index (χ3n) is 3.42. The maximum Gasteiger partial charge on any atom is 0.111 e. The molecule has 2 aromatic rings. The number of ether oxygens (including phenoxy) is 1. The molecule has 104 valence electrons. The Morgan fingerprint density at radius 2 is 2.16 bits per heavy atom. The SMILES string of the molecule is CCn1c(CC(N)CCCOC)nc2ccccc21. The largest absolute Gasteiger partial charge is 0.385 e. The lowest BCUT2D eigenvalue weighted by molar-refractivity contribution is 0.190. The van der Waals surface area contributed by atoms with Crippen molar-refractivity contribution in [1.29, 1.82) is 0 Å². The second kappa shape index (κ2) is 6.68. The zero-order valence-electron chi connectivity index (χ0n) is 11.8. The number of para-hydroxylation sites is 2. The van der Waals surface area contributed by atoms with E-state index in [-0.39, 0.29) is 6.04 Å². The monoisotopic (exact) mass is 261 g/mol. The maximum atomic E-state index is 6.18. The minimum atomic E-state index is 0.150. The highest BCUT2D eigenvalue weighted by atomic mass is 16.5. The van der Waals surface area contributed by atoms with Crippen LogP contribution in [0.25, 0.3) is 11.0 Å². The van der Waals surface area contributed by atoms with Crippen molar-refractivity contribution in [3.63, 3.8) is 0 Å². The Bertz CT molecular complexity index is 521. The van der Waals surface area contributed by atoms with Crippen molar-refractivity contribution in [1.82, 2.24) is 9.55 Å². The van der Waals surface area contributed by atoms with Gasteiger partial charge in [-0.1, -0.05) is 12.1 Å². The third-order valence-corrected chi connectivity index (χ3v) is 3.42. The summed E-state index contributed by atoms with van der Waals surface area (Å²) in [4.78, 5) is 4.70. The van der Waals surface area contributed by atoms with Crippen molar-refractivity contribution in [2.75, 3.05) is 13.7 Å². The summed E-state index contributed by atoms with van der Waals surface area (Å²) in [7, 11) is 1.72. The Morgan fingerprint density at radius 3 is 2.89 bits per heavy atom. The average molecular weight is 261 g/mol. The Morgan fingerprint density at radius 1 is 1.37 bits per heavy atom. The summed E-state index contributed by atoms with van der Waals surface area (Å²) in [5, 5.41) is 0. The molecule has 1 aromatic heterocycles. The molecular weight excluding hydrogens is 238 g/mol. The molecule has 2 rings (SSSR count). The van der Waals surface area contributed by atoms with Crippen molar-refractivity contribution < 1.29 is 4.74 Å². The number of aryl methyl sites for hydroxylation is 1. The zero-order valence-corrected chi connectivity index (χ0v) is 11.8. The van der Waals surface area contributed by atoms with Crippen LogP contribution in [0, 0.1) is 0 Å². The van der Waals surface area contributed by atoms with Gasteiger partial charge in [-0.25, -0.2) is 4.98 Å². The van der Waals surface area contributed by atoms with Crippen molar-refractivity contribution >= 4 is 11.0 Å². The highest BCUT2D eigenvalue weighted by Crippen LogP contribution is 2.17. The fourth-order valence-electron chi connectivity index (χ4n) is 2.46. The van der Waals surface area contributed by atoms with Crippen LogP contribution < -0.4 is 5.73 Å². The van der Waals surface area contributed by atoms with Gasteiger partial charge in [0.2, 0.25) is 0 Å². The van der Waals surface area contributed by atoms with E-state index < -0.39 is 0 Å². The lowest BCUT2D eigenvalue weighted by Crippen LogP contribution is -2.25. The first-order chi connectivity index (χ1) is 9.26. The van der Waals surface area contributed by atoms with E-state index in [1.165, 1.54) is 5.52 Å². The molecule has 0 fully saturated rings. The molecule has 4 heteroatoms. The molecule has 4 nitrogen and oxygen atoms in total. The Hall–Kier alpha value is -1.39. The van der Waals surface area contributed by atoms with Crippen LogP contribution in [-0.4, -0.2) is 29.3 Å². The van der Waals surface area contributed by atoms with Gasteiger partial charge in [-0.3, -0.25) is 0 Å². The zero-order chi connectivity index (χ0) is 13.7. The van der Waals surface area contributed by atoms with Crippen LogP contribution in [0.15, 0.2) is 24.3 Å². The normalized spacial score (nSPS) is 13.0. The van der Waals surface area contributed by atoms with E-state index in [9.17, 15) is 0 Å². The van der Waals surface area contributed by atoms with Crippen LogP contribution in [0.1, 0.15) is 25.6 Å². The van der Waals surface area contributed by atoms with Crippen LogP contribution in [0.5, 0.6) is 0 Å². The quantitative estimate of drug-likeness (QED) is 0.778. The Labute approximate surface area is 114 Å². The minimum Gasteiger partial charge on any atom is -0.385 e. The molecule has 1 aromatic carbocycles. The first-order valence-electron chi connectivity index (χ1n) is 6.95. The van der Waals surface area contributed by atoms with E-state index in [1.54, 1.807) is 7.11 Å². The van der Waals surface area contributed by atoms with E-state index >= 15 is 0 Å². The maximum absolute atomic E-state index is 6.18. The first-order valence-corrected chi connectivity index (χ1v) is 6.95. The van der Waals surface area contributed by atoms with Gasteiger partial charge in [0.15, 0.2) is 0 Å². The lowest BCUT2D eigenvalue weighted by atomic mass is 10.1. The summed E-state index contributed by atoms with van der Waals surface area (Å²) < 4.78 is 7.31. The molecule has 0 aliphatic heterocycles. The van der Waals surface area contributed by atoms with Gasteiger partial charge in [-0.2, -0.15) is 0 Å². The number of hydrogen-bond donors (Lipinski definition) is 1. The average Bonchev–Trinajstić information content (AvgIpc) is 2.76. The van der Waals surface area contributed by atoms with Crippen molar-refractivity contribution in [2.24, 2.45) is 5.73 Å². The third kappa shape index (κ3) is 3.33. The van der Waals surface area contributed by atoms with E-state index in [0.717, 1.165) is 43.8 Å². The van der Waals surface area contributed by atoms with E-state index in [0.29, 0.717) is 0 Å². The molecule has 0 amide bonds. The lowest BCUT2D eigenvalue weighted by Gasteiger charge is -2.12. The number of nitrogens with zero attached hydrogens (tertiary/aromatic N) is 2. The predicted molar refractivity (Wildman–Crippen MR) is 78.2 cm³/mol. The van der Waals surface area contributed by atoms with Gasteiger partial charge >= 0.3 is 0 Å². The number of benzene rings is 1. The van der Waals surface area contributed by atoms with Crippen LogP contribution in [0.3, 0.4) is 0 Å². The summed E-state index contributed by atoms with van der Waals surface area (Å²) >= 11 is 0. The highest BCUT2D eigenvalue weighted by molar-refractivity contribution is 5.75. The van der Waals surface area contributed by atoms with Crippen LogP contribution in [-0.2, 0) is 17.7 Å². The molecule has 0 saturated heterocycles. The number of fused-ring (bicyclic) bond motifs is 1. The highest BCUT2D eigenvalue weighted by Gasteiger charge is 2.12. The second-order valence-electron chi connectivity index (χ2n) is 4.86. The molecule has 0 spiro atoms. The van der Waals surface area contributed by atoms with Crippen molar-refractivity contribution in [2.45, 2.75) is 38.8 Å². The molecule has 0 aliphatic carbocycles. The van der Waals surface area contributed by atoms with Crippen molar-refractivity contribution in [3.05, 3.63) is 30.1 Å². The molecule has 1 atom stereocenters. The molecule has 19 heavy (non-hydrogen) atoms. The van der Waals surface area contributed by atoms with Gasteiger partial charge in [-0.15, -0.1) is 0 Å². The Kier molecular flexibility index (Phi) is 4.93. The molecule has 0 radical (unpaired) electrons. The topological polar surface area (TPSA) is 53.1 Å². The molecule has 0 bridgehead atoms. The molecule has 0 aliphatic rings. The van der Waals surface area contributed by atoms with E-state index in [4.69, 9.17) is 15.5 Å². The number of methoxy groups -OCH3 is 1. The van der Waals surface area contributed by atoms with Gasteiger partial charge in [-0.05, 0) is 31.9 Å². The van der Waals surface area contributed by atoms with Crippen LogP contribution in [0.4, 0.5) is 0 Å². The molecule has 1 heterocycles. The summed E-state index contributed by atoms with van der Waals surface area (Å²) in [6.07, 6.45) is 2.80. The van der Waals surface area contributed by atoms with Gasteiger partial charge in [0.05, 0.1) is 11.0 Å². The van der Waals surface area contributed by atoms with Gasteiger partial charge in [0.1, 0.15) is 5.82 Å². The summed E-state index contributed by atoms with van der Waals surface area (Å²) in [5.41, 5.74) is 8.44. The predicted octanol–water partition coefficient (Wildman–Crippen LogP) is 2.35. The summed E-state index contributed by atoms with van der Waals surface area (Å²) in [6, 6.07) is 8.40. The molecule has 2 N–H and O–H groups in total. The van der Waals surface area contributed by atoms with Gasteiger partial charge in [0, 0.05) is 32.7 Å². The minimum absolute atomic E-state index is 0.150. The van der Waals surface area contributed by atoms with Gasteiger partial charge in [0.25, 0.3) is 0 Å². The number of rotatable bonds is 7. The van der Waals surface area contributed by atoms with Crippen LogP contribution >= 0.6 is 0 Å². The van der Waals surface area contributed by atoms with Crippen molar-refractivity contribution in [3.8, 4) is 0 Å². The molecular formula is C15H23N3O. The van der Waals surface area contributed by atoms with E-state index in [1.807, 2.05) is 6.07 Å². The number of aromatic nitrogens is 2. The second-order valence-corrected chi connectivity index (χ2v) is 4.86. The number of hydrogen-bond acceptors (Lipinski definition) is 3. The number of imidazole rings is 1. The first kappa shape index (κ1) is 14.0. The van der Waals surface area contributed by atoms with Gasteiger partial charge < -0.3 is 15.0 Å².